The summed E-state index contributed by atoms with van der Waals surface area (Å²) in [6.45, 7) is 0. The van der Waals surface area contributed by atoms with E-state index in [1.807, 2.05) is 60.7 Å². The van der Waals surface area contributed by atoms with Crippen LogP contribution in [0.3, 0.4) is 0 Å². The number of benzene rings is 2. The zero-order valence-corrected chi connectivity index (χ0v) is 12.4. The minimum Gasteiger partial charge on any atom is -0.346 e. The molecule has 112 valence electrons. The summed E-state index contributed by atoms with van der Waals surface area (Å²) < 4.78 is 0. The van der Waals surface area contributed by atoms with Crippen LogP contribution in [0, 0.1) is 5.92 Å². The van der Waals surface area contributed by atoms with Crippen LogP contribution in [0.1, 0.15) is 17.5 Å². The molecule has 2 aromatic rings. The van der Waals surface area contributed by atoms with Crippen LogP contribution in [0.25, 0.3) is 0 Å². The monoisotopic (exact) mass is 293 g/mol. The van der Waals surface area contributed by atoms with E-state index < -0.39 is 0 Å². The maximum absolute atomic E-state index is 12.3. The fourth-order valence-corrected chi connectivity index (χ4v) is 2.93. The number of Topliss-reactive ketones (excluding diaryl/α,β-unsaturated/α-hetero) is 1. The van der Waals surface area contributed by atoms with Crippen molar-refractivity contribution in [2.75, 3.05) is 0 Å². The van der Waals surface area contributed by atoms with E-state index in [2.05, 4.69) is 5.32 Å². The largest absolute Gasteiger partial charge is 0.346 e. The van der Waals surface area contributed by atoms with Crippen LogP contribution in [0.2, 0.25) is 0 Å². The average molecular weight is 293 g/mol. The minimum absolute atomic E-state index is 0.00983. The molecule has 1 heterocycles. The lowest BCUT2D eigenvalue weighted by Gasteiger charge is -2.28. The molecule has 3 nitrogen and oxygen atoms in total. The SMILES string of the molecule is O=C1N[C@H](Cc2ccccc2)C(=O)C[C@H]1Cc1ccccc1. The highest BCUT2D eigenvalue weighted by Crippen LogP contribution is 2.20. The molecule has 1 fully saturated rings. The van der Waals surface area contributed by atoms with Crippen LogP contribution >= 0.6 is 0 Å². The predicted molar refractivity (Wildman–Crippen MR) is 85.3 cm³/mol. The van der Waals surface area contributed by atoms with Gasteiger partial charge in [-0.15, -0.1) is 0 Å². The number of carbonyl (C=O) groups excluding carboxylic acids is 2. The van der Waals surface area contributed by atoms with E-state index in [4.69, 9.17) is 0 Å². The molecule has 1 N–H and O–H groups in total. The highest BCUT2D eigenvalue weighted by molar-refractivity contribution is 5.97. The fraction of sp³-hybridized carbons (Fsp3) is 0.263. The molecule has 3 heteroatoms. The number of nitrogens with one attached hydrogen (secondary N) is 1. The Kier molecular flexibility index (Phi) is 4.33. The van der Waals surface area contributed by atoms with E-state index in [0.29, 0.717) is 19.3 Å². The topological polar surface area (TPSA) is 46.2 Å². The van der Waals surface area contributed by atoms with Gasteiger partial charge in [0.1, 0.15) is 0 Å². The summed E-state index contributed by atoms with van der Waals surface area (Å²) in [5, 5.41) is 2.90. The van der Waals surface area contributed by atoms with Gasteiger partial charge in [0.2, 0.25) is 5.91 Å². The zero-order valence-electron chi connectivity index (χ0n) is 12.4. The van der Waals surface area contributed by atoms with Crippen LogP contribution < -0.4 is 5.32 Å². The van der Waals surface area contributed by atoms with Gasteiger partial charge in [0, 0.05) is 12.3 Å². The summed E-state index contributed by atoms with van der Waals surface area (Å²) in [5.74, 6) is -0.129. The Bertz CT molecular complexity index is 592. The van der Waals surface area contributed by atoms with Crippen LogP contribution in [-0.2, 0) is 22.4 Å². The number of carbonyl (C=O) groups is 2. The summed E-state index contributed by atoms with van der Waals surface area (Å²) >= 11 is 0. The van der Waals surface area contributed by atoms with E-state index in [-0.39, 0.29) is 23.7 Å². The molecule has 3 rings (SSSR count). The highest BCUT2D eigenvalue weighted by atomic mass is 16.2. The molecule has 0 radical (unpaired) electrons. The summed E-state index contributed by atoms with van der Waals surface area (Å²) in [6.07, 6.45) is 1.53. The Morgan fingerprint density at radius 1 is 0.818 bits per heavy atom. The Hall–Kier alpha value is -2.42. The van der Waals surface area contributed by atoms with Gasteiger partial charge in [-0.25, -0.2) is 0 Å². The maximum atomic E-state index is 12.3. The van der Waals surface area contributed by atoms with Crippen molar-refractivity contribution in [2.45, 2.75) is 25.3 Å². The first-order chi connectivity index (χ1) is 10.7. The second-order valence-corrected chi connectivity index (χ2v) is 5.81. The lowest BCUT2D eigenvalue weighted by molar-refractivity contribution is -0.136. The number of amides is 1. The molecule has 2 atom stereocenters. The van der Waals surface area contributed by atoms with E-state index in [1.165, 1.54) is 0 Å². The summed E-state index contributed by atoms with van der Waals surface area (Å²) in [5.41, 5.74) is 2.17. The molecular formula is C19H19NO2. The van der Waals surface area contributed by atoms with Gasteiger partial charge in [-0.05, 0) is 24.0 Å². The molecule has 2 aromatic carbocycles. The third-order valence-corrected chi connectivity index (χ3v) is 4.13. The first-order valence-electron chi connectivity index (χ1n) is 7.63. The number of ketones is 1. The molecule has 0 aromatic heterocycles. The third kappa shape index (κ3) is 3.42. The smallest absolute Gasteiger partial charge is 0.224 e. The van der Waals surface area contributed by atoms with Crippen LogP contribution in [-0.4, -0.2) is 17.7 Å². The van der Waals surface area contributed by atoms with Crippen molar-refractivity contribution in [2.24, 2.45) is 5.92 Å². The predicted octanol–water partition coefficient (Wildman–Crippen LogP) is 2.55. The van der Waals surface area contributed by atoms with E-state index in [0.717, 1.165) is 11.1 Å². The first kappa shape index (κ1) is 14.5. The van der Waals surface area contributed by atoms with Crippen molar-refractivity contribution in [1.82, 2.24) is 5.32 Å². The molecule has 1 amide bonds. The summed E-state index contributed by atoms with van der Waals surface area (Å²) in [6, 6.07) is 19.3. The second-order valence-electron chi connectivity index (χ2n) is 5.81. The molecule has 0 bridgehead atoms. The van der Waals surface area contributed by atoms with Crippen molar-refractivity contribution in [3.63, 3.8) is 0 Å². The van der Waals surface area contributed by atoms with Gasteiger partial charge in [0.05, 0.1) is 6.04 Å². The van der Waals surface area contributed by atoms with Crippen LogP contribution in [0.15, 0.2) is 60.7 Å². The lowest BCUT2D eigenvalue weighted by atomic mass is 9.86. The van der Waals surface area contributed by atoms with Gasteiger partial charge in [-0.2, -0.15) is 0 Å². The summed E-state index contributed by atoms with van der Waals surface area (Å²) in [7, 11) is 0. The molecule has 1 aliphatic rings. The van der Waals surface area contributed by atoms with Gasteiger partial charge in [0.25, 0.3) is 0 Å². The van der Waals surface area contributed by atoms with E-state index in [9.17, 15) is 9.59 Å². The van der Waals surface area contributed by atoms with Crippen molar-refractivity contribution >= 4 is 11.7 Å². The van der Waals surface area contributed by atoms with Crippen LogP contribution in [0.4, 0.5) is 0 Å². The van der Waals surface area contributed by atoms with Gasteiger partial charge in [-0.1, -0.05) is 60.7 Å². The molecular weight excluding hydrogens is 274 g/mol. The zero-order chi connectivity index (χ0) is 15.4. The Morgan fingerprint density at radius 2 is 1.36 bits per heavy atom. The molecule has 1 aliphatic heterocycles. The average Bonchev–Trinajstić information content (AvgIpc) is 2.54. The highest BCUT2D eigenvalue weighted by Gasteiger charge is 2.34. The third-order valence-electron chi connectivity index (χ3n) is 4.13. The Labute approximate surface area is 130 Å². The van der Waals surface area contributed by atoms with E-state index in [1.54, 1.807) is 0 Å². The fourth-order valence-electron chi connectivity index (χ4n) is 2.93. The standard InChI is InChI=1S/C19H19NO2/c21-18-13-16(11-14-7-3-1-4-8-14)19(22)20-17(18)12-15-9-5-2-6-10-15/h1-10,16-17H,11-13H2,(H,20,22)/t16-,17-/m1/s1. The Morgan fingerprint density at radius 3 is 1.95 bits per heavy atom. The van der Waals surface area contributed by atoms with E-state index >= 15 is 0 Å². The van der Waals surface area contributed by atoms with Gasteiger partial charge in [-0.3, -0.25) is 9.59 Å². The van der Waals surface area contributed by atoms with Gasteiger partial charge in [0.15, 0.2) is 5.78 Å². The van der Waals surface area contributed by atoms with Gasteiger partial charge < -0.3 is 5.32 Å². The summed E-state index contributed by atoms with van der Waals surface area (Å²) in [4.78, 5) is 24.6. The van der Waals surface area contributed by atoms with Crippen molar-refractivity contribution in [3.05, 3.63) is 71.8 Å². The number of hydrogen-bond donors (Lipinski definition) is 1. The molecule has 22 heavy (non-hydrogen) atoms. The molecule has 0 aliphatic carbocycles. The number of piperidine rings is 1. The van der Waals surface area contributed by atoms with Crippen molar-refractivity contribution in [1.29, 1.82) is 0 Å². The molecule has 0 spiro atoms. The molecule has 1 saturated heterocycles. The maximum Gasteiger partial charge on any atom is 0.224 e. The lowest BCUT2D eigenvalue weighted by Crippen LogP contribution is -2.51. The second kappa shape index (κ2) is 6.56. The van der Waals surface area contributed by atoms with Gasteiger partial charge >= 0.3 is 0 Å². The van der Waals surface area contributed by atoms with Crippen molar-refractivity contribution in [3.8, 4) is 0 Å². The molecule has 0 saturated carbocycles. The minimum atomic E-state index is -0.387. The molecule has 0 unspecified atom stereocenters. The van der Waals surface area contributed by atoms with Crippen molar-refractivity contribution < 1.29 is 9.59 Å². The quantitative estimate of drug-likeness (QED) is 0.941. The van der Waals surface area contributed by atoms with Crippen LogP contribution in [0.5, 0.6) is 0 Å². The number of hydrogen-bond acceptors (Lipinski definition) is 2. The Balaban J connectivity index is 1.64. The number of rotatable bonds is 4. The normalized spacial score (nSPS) is 21.5. The first-order valence-corrected chi connectivity index (χ1v) is 7.63.